The van der Waals surface area contributed by atoms with Gasteiger partial charge in [-0.15, -0.1) is 0 Å². The Morgan fingerprint density at radius 1 is 0.917 bits per heavy atom. The van der Waals surface area contributed by atoms with E-state index >= 15 is 0 Å². The molecule has 2 aromatic carbocycles. The van der Waals surface area contributed by atoms with Crippen LogP contribution in [0.2, 0.25) is 5.02 Å². The van der Waals surface area contributed by atoms with Crippen molar-refractivity contribution in [2.75, 3.05) is 21.3 Å². The van der Waals surface area contributed by atoms with E-state index in [-0.39, 0.29) is 0 Å². The van der Waals surface area contributed by atoms with Crippen molar-refractivity contribution in [3.8, 4) is 39.6 Å². The van der Waals surface area contributed by atoms with E-state index in [1.165, 1.54) is 11.5 Å². The molecule has 3 aromatic rings. The number of ether oxygens (including phenoxy) is 3. The number of hydrogen-bond donors (Lipinski definition) is 0. The lowest BCUT2D eigenvalue weighted by atomic mass is 10.0. The second kappa shape index (κ2) is 7.11. The van der Waals surface area contributed by atoms with Gasteiger partial charge in [0, 0.05) is 22.0 Å². The predicted octanol–water partition coefficient (Wildman–Crippen LogP) is 5.16. The minimum absolute atomic E-state index is 0.599. The molecule has 0 radical (unpaired) electrons. The van der Waals surface area contributed by atoms with Crippen molar-refractivity contribution in [2.24, 2.45) is 0 Å². The Labute approximate surface area is 149 Å². The Morgan fingerprint density at radius 3 is 2.29 bits per heavy atom. The first-order valence-corrected chi connectivity index (χ1v) is 8.40. The van der Waals surface area contributed by atoms with Gasteiger partial charge in [-0.1, -0.05) is 23.7 Å². The summed E-state index contributed by atoms with van der Waals surface area (Å²) in [4.78, 5) is 0. The first-order valence-electron chi connectivity index (χ1n) is 7.18. The van der Waals surface area contributed by atoms with Gasteiger partial charge in [0.1, 0.15) is 5.75 Å². The highest BCUT2D eigenvalue weighted by Crippen LogP contribution is 2.44. The van der Waals surface area contributed by atoms with E-state index < -0.39 is 0 Å². The standard InChI is InChI=1S/C18H16ClNO3S/c1-21-13-8-14(18(23-3)16(9-13)22-2)17-15(10-24-20-17)11-4-6-12(19)7-5-11/h4-10H,1-3H3. The third kappa shape index (κ3) is 3.05. The zero-order valence-corrected chi connectivity index (χ0v) is 15.1. The Hall–Kier alpha value is -2.24. The van der Waals surface area contributed by atoms with E-state index in [2.05, 4.69) is 4.37 Å². The summed E-state index contributed by atoms with van der Waals surface area (Å²) in [7, 11) is 4.83. The van der Waals surface area contributed by atoms with Gasteiger partial charge in [0.05, 0.1) is 32.6 Å². The number of rotatable bonds is 5. The van der Waals surface area contributed by atoms with Crippen LogP contribution in [0, 0.1) is 0 Å². The first kappa shape index (κ1) is 16.6. The molecule has 0 spiro atoms. The summed E-state index contributed by atoms with van der Waals surface area (Å²) >= 11 is 7.38. The lowest BCUT2D eigenvalue weighted by molar-refractivity contribution is 0.350. The van der Waals surface area contributed by atoms with Crippen LogP contribution in [0.4, 0.5) is 0 Å². The normalized spacial score (nSPS) is 10.5. The molecule has 24 heavy (non-hydrogen) atoms. The van der Waals surface area contributed by atoms with Crippen molar-refractivity contribution in [3.05, 3.63) is 46.8 Å². The molecule has 0 aliphatic carbocycles. The summed E-state index contributed by atoms with van der Waals surface area (Å²) in [6, 6.07) is 11.4. The molecule has 0 bridgehead atoms. The topological polar surface area (TPSA) is 40.6 Å². The van der Waals surface area contributed by atoms with E-state index in [1.807, 2.05) is 35.7 Å². The maximum atomic E-state index is 5.99. The molecule has 0 aliphatic rings. The quantitative estimate of drug-likeness (QED) is 0.629. The van der Waals surface area contributed by atoms with Gasteiger partial charge in [0.15, 0.2) is 11.5 Å². The van der Waals surface area contributed by atoms with Crippen molar-refractivity contribution >= 4 is 23.1 Å². The van der Waals surface area contributed by atoms with Gasteiger partial charge < -0.3 is 14.2 Å². The fourth-order valence-electron chi connectivity index (χ4n) is 2.50. The van der Waals surface area contributed by atoms with Crippen LogP contribution in [-0.2, 0) is 0 Å². The number of methoxy groups -OCH3 is 3. The molecule has 0 amide bonds. The predicted molar refractivity (Wildman–Crippen MR) is 97.7 cm³/mol. The van der Waals surface area contributed by atoms with Gasteiger partial charge >= 0.3 is 0 Å². The van der Waals surface area contributed by atoms with E-state index in [0.29, 0.717) is 22.3 Å². The molecule has 124 valence electrons. The molecule has 1 aromatic heterocycles. The number of aromatic nitrogens is 1. The van der Waals surface area contributed by atoms with Crippen LogP contribution in [0.25, 0.3) is 22.4 Å². The van der Waals surface area contributed by atoms with Crippen molar-refractivity contribution in [1.29, 1.82) is 0 Å². The molecular weight excluding hydrogens is 346 g/mol. The summed E-state index contributed by atoms with van der Waals surface area (Å²) in [5, 5.41) is 2.70. The lowest BCUT2D eigenvalue weighted by Crippen LogP contribution is -1.96. The molecule has 0 unspecified atom stereocenters. The molecule has 1 heterocycles. The van der Waals surface area contributed by atoms with Gasteiger partial charge in [0.2, 0.25) is 0 Å². The summed E-state index contributed by atoms with van der Waals surface area (Å²) in [6.45, 7) is 0. The maximum Gasteiger partial charge on any atom is 0.170 e. The summed E-state index contributed by atoms with van der Waals surface area (Å²) in [5.41, 5.74) is 3.67. The van der Waals surface area contributed by atoms with E-state index in [0.717, 1.165) is 22.4 Å². The number of halogens is 1. The van der Waals surface area contributed by atoms with E-state index in [1.54, 1.807) is 27.4 Å². The summed E-state index contributed by atoms with van der Waals surface area (Å²) < 4.78 is 20.9. The zero-order valence-electron chi connectivity index (χ0n) is 13.5. The Balaban J connectivity index is 2.20. The molecule has 0 fully saturated rings. The van der Waals surface area contributed by atoms with Crippen LogP contribution in [0.15, 0.2) is 41.8 Å². The smallest absolute Gasteiger partial charge is 0.170 e. The summed E-state index contributed by atoms with van der Waals surface area (Å²) in [5.74, 6) is 1.90. The highest BCUT2D eigenvalue weighted by Gasteiger charge is 2.20. The molecule has 0 N–H and O–H groups in total. The van der Waals surface area contributed by atoms with Crippen LogP contribution in [0.5, 0.6) is 17.2 Å². The second-order valence-electron chi connectivity index (χ2n) is 4.99. The van der Waals surface area contributed by atoms with Gasteiger partial charge in [-0.3, -0.25) is 0 Å². The van der Waals surface area contributed by atoms with Gasteiger partial charge in [-0.2, -0.15) is 4.37 Å². The monoisotopic (exact) mass is 361 g/mol. The van der Waals surface area contributed by atoms with Crippen molar-refractivity contribution in [1.82, 2.24) is 4.37 Å². The first-order chi connectivity index (χ1) is 11.7. The van der Waals surface area contributed by atoms with Crippen LogP contribution >= 0.6 is 23.1 Å². The third-order valence-electron chi connectivity index (χ3n) is 3.67. The lowest BCUT2D eigenvalue weighted by Gasteiger charge is -2.14. The summed E-state index contributed by atoms with van der Waals surface area (Å²) in [6.07, 6.45) is 0. The van der Waals surface area contributed by atoms with Crippen LogP contribution in [0.3, 0.4) is 0 Å². The number of hydrogen-bond acceptors (Lipinski definition) is 5. The number of nitrogens with zero attached hydrogens (tertiary/aromatic N) is 1. The van der Waals surface area contributed by atoms with Crippen molar-refractivity contribution in [3.63, 3.8) is 0 Å². The van der Waals surface area contributed by atoms with Crippen LogP contribution in [-0.4, -0.2) is 25.7 Å². The second-order valence-corrected chi connectivity index (χ2v) is 6.06. The van der Waals surface area contributed by atoms with Crippen molar-refractivity contribution < 1.29 is 14.2 Å². The molecule has 0 aliphatic heterocycles. The minimum Gasteiger partial charge on any atom is -0.497 e. The highest BCUT2D eigenvalue weighted by atomic mass is 35.5. The van der Waals surface area contributed by atoms with Gasteiger partial charge in [-0.25, -0.2) is 0 Å². The van der Waals surface area contributed by atoms with Crippen LogP contribution < -0.4 is 14.2 Å². The number of benzene rings is 2. The average Bonchev–Trinajstić information content (AvgIpc) is 3.10. The van der Waals surface area contributed by atoms with Gasteiger partial charge in [-0.05, 0) is 35.3 Å². The fourth-order valence-corrected chi connectivity index (χ4v) is 3.33. The Kier molecular flexibility index (Phi) is 4.92. The molecule has 3 rings (SSSR count). The van der Waals surface area contributed by atoms with E-state index in [4.69, 9.17) is 25.8 Å². The molecule has 0 saturated carbocycles. The minimum atomic E-state index is 0.599. The maximum absolute atomic E-state index is 5.99. The molecule has 4 nitrogen and oxygen atoms in total. The molecule has 0 atom stereocenters. The van der Waals surface area contributed by atoms with E-state index in [9.17, 15) is 0 Å². The Morgan fingerprint density at radius 2 is 1.67 bits per heavy atom. The molecule has 6 heteroatoms. The molecular formula is C18H16ClNO3S. The Bertz CT molecular complexity index is 846. The largest absolute Gasteiger partial charge is 0.497 e. The third-order valence-corrected chi connectivity index (χ3v) is 4.55. The zero-order chi connectivity index (χ0) is 17.1. The van der Waals surface area contributed by atoms with Crippen molar-refractivity contribution in [2.45, 2.75) is 0 Å². The average molecular weight is 362 g/mol. The van der Waals surface area contributed by atoms with Crippen LogP contribution in [0.1, 0.15) is 0 Å². The highest BCUT2D eigenvalue weighted by molar-refractivity contribution is 7.04. The molecule has 0 saturated heterocycles. The SMILES string of the molecule is COc1cc(OC)c(OC)c(-c2nscc2-c2ccc(Cl)cc2)c1. The fraction of sp³-hybridized carbons (Fsp3) is 0.167. The van der Waals surface area contributed by atoms with Gasteiger partial charge in [0.25, 0.3) is 0 Å².